The normalized spacial score (nSPS) is 12.5. The van der Waals surface area contributed by atoms with Crippen LogP contribution in [0, 0.1) is 6.92 Å². The van der Waals surface area contributed by atoms with E-state index < -0.39 is 0 Å². The zero-order chi connectivity index (χ0) is 12.4. The first-order valence-electron chi connectivity index (χ1n) is 5.23. The van der Waals surface area contributed by atoms with E-state index in [0.29, 0.717) is 0 Å². The molecular formula is C14H11Br2Cl. The van der Waals surface area contributed by atoms with E-state index in [9.17, 15) is 0 Å². The number of hydrogen-bond acceptors (Lipinski definition) is 0. The average Bonchev–Trinajstić information content (AvgIpc) is 2.28. The van der Waals surface area contributed by atoms with E-state index in [1.54, 1.807) is 0 Å². The van der Waals surface area contributed by atoms with Gasteiger partial charge in [0.15, 0.2) is 0 Å². The third-order valence-electron chi connectivity index (χ3n) is 2.52. The minimum absolute atomic E-state index is 0.112. The van der Waals surface area contributed by atoms with Crippen molar-refractivity contribution in [1.82, 2.24) is 0 Å². The second kappa shape index (κ2) is 5.55. The molecular weight excluding hydrogens is 363 g/mol. The summed E-state index contributed by atoms with van der Waals surface area (Å²) >= 11 is 13.4. The summed E-state index contributed by atoms with van der Waals surface area (Å²) in [6.07, 6.45) is 0. The zero-order valence-electron chi connectivity index (χ0n) is 9.25. The fourth-order valence-corrected chi connectivity index (χ4v) is 2.90. The Kier molecular flexibility index (Phi) is 4.29. The van der Waals surface area contributed by atoms with Gasteiger partial charge in [-0.3, -0.25) is 0 Å². The predicted molar refractivity (Wildman–Crippen MR) is 80.7 cm³/mol. The number of benzene rings is 2. The highest BCUT2D eigenvalue weighted by Crippen LogP contribution is 2.31. The second-order valence-corrected chi connectivity index (χ2v) is 6.24. The second-order valence-electron chi connectivity index (χ2n) is 3.98. The summed E-state index contributed by atoms with van der Waals surface area (Å²) in [4.78, 5) is 0. The van der Waals surface area contributed by atoms with Crippen molar-refractivity contribution in [2.75, 3.05) is 0 Å². The molecule has 0 nitrogen and oxygen atoms in total. The molecule has 1 atom stereocenters. The van der Waals surface area contributed by atoms with Gasteiger partial charge in [0.2, 0.25) is 0 Å². The fourth-order valence-electron chi connectivity index (χ4n) is 1.74. The maximum atomic E-state index is 6.49. The lowest BCUT2D eigenvalue weighted by atomic mass is 10.0. The van der Waals surface area contributed by atoms with Gasteiger partial charge >= 0.3 is 0 Å². The Balaban J connectivity index is 2.36. The summed E-state index contributed by atoms with van der Waals surface area (Å²) < 4.78 is 2.13. The molecule has 0 aliphatic carbocycles. The molecule has 0 saturated heterocycles. The molecule has 2 aromatic carbocycles. The van der Waals surface area contributed by atoms with Crippen LogP contribution in [0.2, 0.25) is 0 Å². The van der Waals surface area contributed by atoms with Gasteiger partial charge < -0.3 is 0 Å². The Morgan fingerprint density at radius 2 is 1.53 bits per heavy atom. The summed E-state index contributed by atoms with van der Waals surface area (Å²) in [5.74, 6) is 0. The van der Waals surface area contributed by atoms with Crippen molar-refractivity contribution < 1.29 is 0 Å². The molecule has 0 radical (unpaired) electrons. The Hall–Kier alpha value is -0.310. The van der Waals surface area contributed by atoms with Crippen LogP contribution in [0.15, 0.2) is 51.4 Å². The van der Waals surface area contributed by atoms with Crippen LogP contribution in [-0.4, -0.2) is 0 Å². The molecule has 0 aliphatic heterocycles. The number of halogens is 3. The number of alkyl halides is 1. The van der Waals surface area contributed by atoms with Gasteiger partial charge in [0, 0.05) is 8.95 Å². The summed E-state index contributed by atoms with van der Waals surface area (Å²) in [5.41, 5.74) is 3.42. The SMILES string of the molecule is Cc1cc(Br)cc(C(Cl)c2ccc(Br)cc2)c1. The van der Waals surface area contributed by atoms with Crippen LogP contribution in [0.4, 0.5) is 0 Å². The quantitative estimate of drug-likeness (QED) is 0.579. The van der Waals surface area contributed by atoms with E-state index >= 15 is 0 Å². The highest BCUT2D eigenvalue weighted by atomic mass is 79.9. The average molecular weight is 375 g/mol. The molecule has 88 valence electrons. The van der Waals surface area contributed by atoms with Crippen LogP contribution in [0.25, 0.3) is 0 Å². The van der Waals surface area contributed by atoms with E-state index in [-0.39, 0.29) is 5.38 Å². The van der Waals surface area contributed by atoms with E-state index in [2.05, 4.69) is 57.0 Å². The monoisotopic (exact) mass is 372 g/mol. The standard InChI is InChI=1S/C14H11Br2Cl/c1-9-6-11(8-13(16)7-9)14(17)10-2-4-12(15)5-3-10/h2-8,14H,1H3. The number of hydrogen-bond donors (Lipinski definition) is 0. The first kappa shape index (κ1) is 13.1. The molecule has 0 amide bonds. The van der Waals surface area contributed by atoms with E-state index in [1.165, 1.54) is 5.56 Å². The van der Waals surface area contributed by atoms with Crippen molar-refractivity contribution in [1.29, 1.82) is 0 Å². The van der Waals surface area contributed by atoms with Crippen LogP contribution >= 0.6 is 43.5 Å². The third kappa shape index (κ3) is 3.34. The molecule has 0 aromatic heterocycles. The summed E-state index contributed by atoms with van der Waals surface area (Å²) in [7, 11) is 0. The van der Waals surface area contributed by atoms with Crippen molar-refractivity contribution in [3.8, 4) is 0 Å². The highest BCUT2D eigenvalue weighted by molar-refractivity contribution is 9.10. The molecule has 0 saturated carbocycles. The Morgan fingerprint density at radius 3 is 2.12 bits per heavy atom. The minimum atomic E-state index is -0.112. The van der Waals surface area contributed by atoms with Gasteiger partial charge in [-0.15, -0.1) is 11.6 Å². The van der Waals surface area contributed by atoms with Gasteiger partial charge in [-0.2, -0.15) is 0 Å². The molecule has 0 fully saturated rings. The number of aryl methyl sites for hydroxylation is 1. The van der Waals surface area contributed by atoms with E-state index in [1.807, 2.05) is 24.3 Å². The van der Waals surface area contributed by atoms with Crippen LogP contribution < -0.4 is 0 Å². The van der Waals surface area contributed by atoms with Crippen molar-refractivity contribution in [3.63, 3.8) is 0 Å². The first-order chi connectivity index (χ1) is 8.06. The maximum absolute atomic E-state index is 6.49. The van der Waals surface area contributed by atoms with Gasteiger partial charge in [0.1, 0.15) is 0 Å². The minimum Gasteiger partial charge on any atom is -0.113 e. The van der Waals surface area contributed by atoms with Crippen molar-refractivity contribution in [3.05, 3.63) is 68.1 Å². The molecule has 2 aromatic rings. The topological polar surface area (TPSA) is 0 Å². The van der Waals surface area contributed by atoms with Crippen LogP contribution in [0.5, 0.6) is 0 Å². The van der Waals surface area contributed by atoms with Gasteiger partial charge in [-0.1, -0.05) is 50.1 Å². The van der Waals surface area contributed by atoms with E-state index in [4.69, 9.17) is 11.6 Å². The Bertz CT molecular complexity index is 500. The molecule has 3 heteroatoms. The molecule has 0 aliphatic rings. The third-order valence-corrected chi connectivity index (χ3v) is 4.01. The zero-order valence-corrected chi connectivity index (χ0v) is 13.2. The van der Waals surface area contributed by atoms with E-state index in [0.717, 1.165) is 20.1 Å². The molecule has 2 rings (SSSR count). The lowest BCUT2D eigenvalue weighted by molar-refractivity contribution is 1.13. The smallest absolute Gasteiger partial charge is 0.0835 e. The summed E-state index contributed by atoms with van der Waals surface area (Å²) in [6, 6.07) is 14.4. The van der Waals surface area contributed by atoms with Gasteiger partial charge in [0.05, 0.1) is 5.38 Å². The highest BCUT2D eigenvalue weighted by Gasteiger charge is 2.11. The molecule has 1 unspecified atom stereocenters. The molecule has 0 bridgehead atoms. The maximum Gasteiger partial charge on any atom is 0.0835 e. The van der Waals surface area contributed by atoms with Crippen LogP contribution in [0.1, 0.15) is 22.1 Å². The lowest BCUT2D eigenvalue weighted by Gasteiger charge is -2.12. The summed E-state index contributed by atoms with van der Waals surface area (Å²) in [6.45, 7) is 2.07. The van der Waals surface area contributed by atoms with Crippen LogP contribution in [0.3, 0.4) is 0 Å². The molecule has 17 heavy (non-hydrogen) atoms. The Morgan fingerprint density at radius 1 is 0.882 bits per heavy atom. The predicted octanol–water partition coefficient (Wildman–Crippen LogP) is 5.85. The van der Waals surface area contributed by atoms with Crippen molar-refractivity contribution in [2.45, 2.75) is 12.3 Å². The molecule has 0 spiro atoms. The van der Waals surface area contributed by atoms with Gasteiger partial charge in [-0.05, 0) is 47.9 Å². The molecule has 0 N–H and O–H groups in total. The fraction of sp³-hybridized carbons (Fsp3) is 0.143. The first-order valence-corrected chi connectivity index (χ1v) is 7.25. The van der Waals surface area contributed by atoms with Gasteiger partial charge in [-0.25, -0.2) is 0 Å². The Labute approximate surface area is 123 Å². The van der Waals surface area contributed by atoms with Gasteiger partial charge in [0.25, 0.3) is 0 Å². The van der Waals surface area contributed by atoms with Crippen molar-refractivity contribution >= 4 is 43.5 Å². The van der Waals surface area contributed by atoms with Crippen molar-refractivity contribution in [2.24, 2.45) is 0 Å². The lowest BCUT2D eigenvalue weighted by Crippen LogP contribution is -1.94. The largest absolute Gasteiger partial charge is 0.113 e. The number of rotatable bonds is 2. The van der Waals surface area contributed by atoms with Crippen LogP contribution in [-0.2, 0) is 0 Å². The summed E-state index contributed by atoms with van der Waals surface area (Å²) in [5, 5.41) is -0.112. The molecule has 0 heterocycles.